The van der Waals surface area contributed by atoms with Gasteiger partial charge in [0.2, 0.25) is 0 Å². The van der Waals surface area contributed by atoms with Crippen molar-refractivity contribution in [3.05, 3.63) is 23.8 Å². The van der Waals surface area contributed by atoms with Gasteiger partial charge in [-0.05, 0) is 37.3 Å². The van der Waals surface area contributed by atoms with Gasteiger partial charge in [-0.25, -0.2) is 0 Å². The lowest BCUT2D eigenvalue weighted by Gasteiger charge is -2.10. The molecule has 2 heteroatoms. The van der Waals surface area contributed by atoms with E-state index in [2.05, 4.69) is 19.1 Å². The summed E-state index contributed by atoms with van der Waals surface area (Å²) < 4.78 is 11.4. The van der Waals surface area contributed by atoms with Crippen molar-refractivity contribution in [2.24, 2.45) is 0 Å². The predicted octanol–water partition coefficient (Wildman–Crippen LogP) is 3.58. The molecule has 0 N–H and O–H groups in total. The minimum Gasteiger partial charge on any atom is -0.493 e. The van der Waals surface area contributed by atoms with E-state index in [9.17, 15) is 0 Å². The molecule has 0 unspecified atom stereocenters. The summed E-state index contributed by atoms with van der Waals surface area (Å²) in [5, 5.41) is 0. The third kappa shape index (κ3) is 2.91. The van der Waals surface area contributed by atoms with Crippen LogP contribution in [0.5, 0.6) is 11.5 Å². The lowest BCUT2D eigenvalue weighted by molar-refractivity contribution is 0.297. The first-order valence-electron chi connectivity index (χ1n) is 6.28. The maximum Gasteiger partial charge on any atom is 0.126 e. The molecule has 0 aromatic heterocycles. The van der Waals surface area contributed by atoms with Crippen molar-refractivity contribution < 1.29 is 9.47 Å². The summed E-state index contributed by atoms with van der Waals surface area (Å²) >= 11 is 0. The third-order valence-electron chi connectivity index (χ3n) is 2.90. The predicted molar refractivity (Wildman–Crippen MR) is 65.3 cm³/mol. The van der Waals surface area contributed by atoms with Gasteiger partial charge in [0.1, 0.15) is 11.5 Å². The molecule has 0 radical (unpaired) electrons. The molecule has 16 heavy (non-hydrogen) atoms. The first-order valence-corrected chi connectivity index (χ1v) is 6.28. The highest BCUT2D eigenvalue weighted by Crippen LogP contribution is 2.28. The second-order valence-electron chi connectivity index (χ2n) is 4.28. The van der Waals surface area contributed by atoms with Crippen molar-refractivity contribution in [1.82, 2.24) is 0 Å². The number of fused-ring (bicyclic) bond motifs is 1. The Morgan fingerprint density at radius 2 is 2.25 bits per heavy atom. The molecule has 88 valence electrons. The average molecular weight is 220 g/mol. The fourth-order valence-corrected chi connectivity index (χ4v) is 1.90. The number of hydrogen-bond acceptors (Lipinski definition) is 2. The van der Waals surface area contributed by atoms with Crippen molar-refractivity contribution >= 4 is 0 Å². The maximum absolute atomic E-state index is 5.72. The molecule has 1 aliphatic heterocycles. The highest BCUT2D eigenvalue weighted by atomic mass is 16.5. The van der Waals surface area contributed by atoms with E-state index in [1.54, 1.807) is 0 Å². The highest BCUT2D eigenvalue weighted by Gasteiger charge is 2.09. The van der Waals surface area contributed by atoms with Crippen LogP contribution in [0.25, 0.3) is 0 Å². The van der Waals surface area contributed by atoms with Gasteiger partial charge in [0.15, 0.2) is 0 Å². The lowest BCUT2D eigenvalue weighted by atomic mass is 10.1. The average Bonchev–Trinajstić information content (AvgIpc) is 2.54. The zero-order valence-corrected chi connectivity index (χ0v) is 10.00. The van der Waals surface area contributed by atoms with Crippen molar-refractivity contribution in [3.63, 3.8) is 0 Å². The molecule has 2 rings (SSSR count). The number of aryl methyl sites for hydroxylation is 1. The smallest absolute Gasteiger partial charge is 0.126 e. The molecule has 1 heterocycles. The summed E-state index contributed by atoms with van der Waals surface area (Å²) in [6.45, 7) is 3.81. The van der Waals surface area contributed by atoms with Gasteiger partial charge in [-0.15, -0.1) is 0 Å². The molecule has 2 nitrogen and oxygen atoms in total. The van der Waals surface area contributed by atoms with Gasteiger partial charge in [0, 0.05) is 6.07 Å². The van der Waals surface area contributed by atoms with Crippen LogP contribution in [-0.2, 0) is 6.42 Å². The molecule has 0 saturated heterocycles. The second-order valence-corrected chi connectivity index (χ2v) is 4.28. The van der Waals surface area contributed by atoms with Gasteiger partial charge in [-0.3, -0.25) is 0 Å². The molecule has 0 spiro atoms. The van der Waals surface area contributed by atoms with Crippen LogP contribution < -0.4 is 9.47 Å². The zero-order chi connectivity index (χ0) is 11.2. The topological polar surface area (TPSA) is 18.5 Å². The number of rotatable bonds is 4. The van der Waals surface area contributed by atoms with Gasteiger partial charge in [-0.2, -0.15) is 0 Å². The zero-order valence-electron chi connectivity index (χ0n) is 10.00. The minimum atomic E-state index is 0.801. The van der Waals surface area contributed by atoms with E-state index >= 15 is 0 Å². The van der Waals surface area contributed by atoms with Crippen LogP contribution in [0, 0.1) is 0 Å². The van der Waals surface area contributed by atoms with E-state index in [0.717, 1.165) is 44.0 Å². The molecule has 1 aromatic carbocycles. The van der Waals surface area contributed by atoms with Gasteiger partial charge < -0.3 is 9.47 Å². The summed E-state index contributed by atoms with van der Waals surface area (Å²) in [5.41, 5.74) is 1.32. The Labute approximate surface area is 97.6 Å². The van der Waals surface area contributed by atoms with E-state index in [-0.39, 0.29) is 0 Å². The summed E-state index contributed by atoms with van der Waals surface area (Å²) in [6.07, 6.45) is 5.79. The fourth-order valence-electron chi connectivity index (χ4n) is 1.90. The highest BCUT2D eigenvalue weighted by molar-refractivity contribution is 5.41. The Bertz CT molecular complexity index is 334. The quantitative estimate of drug-likeness (QED) is 0.722. The van der Waals surface area contributed by atoms with Gasteiger partial charge in [-0.1, -0.05) is 19.4 Å². The van der Waals surface area contributed by atoms with Gasteiger partial charge >= 0.3 is 0 Å². The molecule has 0 bridgehead atoms. The van der Waals surface area contributed by atoms with E-state index in [1.807, 2.05) is 6.07 Å². The standard InChI is InChI=1S/C14H20O2/c1-2-3-9-15-13-8-7-12-6-4-5-10-16-14(12)11-13/h7-8,11H,2-6,9-10H2,1H3. The second kappa shape index (κ2) is 5.78. The monoisotopic (exact) mass is 220 g/mol. The molecule has 1 aromatic rings. The Balaban J connectivity index is 2.02. The molecule has 0 saturated carbocycles. The Morgan fingerprint density at radius 1 is 1.31 bits per heavy atom. The van der Waals surface area contributed by atoms with E-state index < -0.39 is 0 Å². The molecule has 0 fully saturated rings. The first-order chi connectivity index (χ1) is 7.90. The van der Waals surface area contributed by atoms with E-state index in [0.29, 0.717) is 0 Å². The van der Waals surface area contributed by atoms with Crippen LogP contribution in [0.1, 0.15) is 38.2 Å². The van der Waals surface area contributed by atoms with Crippen molar-refractivity contribution in [1.29, 1.82) is 0 Å². The third-order valence-corrected chi connectivity index (χ3v) is 2.90. The van der Waals surface area contributed by atoms with E-state index in [1.165, 1.54) is 18.4 Å². The normalized spacial score (nSPS) is 14.8. The van der Waals surface area contributed by atoms with Crippen LogP contribution in [0.2, 0.25) is 0 Å². The van der Waals surface area contributed by atoms with Gasteiger partial charge in [0.25, 0.3) is 0 Å². The molecule has 1 aliphatic rings. The van der Waals surface area contributed by atoms with Gasteiger partial charge in [0.05, 0.1) is 13.2 Å². The molecular formula is C14H20O2. The largest absolute Gasteiger partial charge is 0.493 e. The maximum atomic E-state index is 5.72. The summed E-state index contributed by atoms with van der Waals surface area (Å²) in [6, 6.07) is 6.24. The van der Waals surface area contributed by atoms with Crippen molar-refractivity contribution in [2.45, 2.75) is 39.0 Å². The van der Waals surface area contributed by atoms with Crippen LogP contribution >= 0.6 is 0 Å². The summed E-state index contributed by atoms with van der Waals surface area (Å²) in [4.78, 5) is 0. The van der Waals surface area contributed by atoms with Crippen LogP contribution in [0.15, 0.2) is 18.2 Å². The van der Waals surface area contributed by atoms with E-state index in [4.69, 9.17) is 9.47 Å². The van der Waals surface area contributed by atoms with Crippen molar-refractivity contribution in [2.75, 3.05) is 13.2 Å². The number of ether oxygens (including phenoxy) is 2. The molecular weight excluding hydrogens is 200 g/mol. The summed E-state index contributed by atoms with van der Waals surface area (Å²) in [7, 11) is 0. The van der Waals surface area contributed by atoms with Crippen LogP contribution in [-0.4, -0.2) is 13.2 Å². The number of unbranched alkanes of at least 4 members (excludes halogenated alkanes) is 1. The fraction of sp³-hybridized carbons (Fsp3) is 0.571. The SMILES string of the molecule is CCCCOc1ccc2c(c1)OCCCC2. The summed E-state index contributed by atoms with van der Waals surface area (Å²) in [5.74, 6) is 1.96. The Kier molecular flexibility index (Phi) is 4.09. The Morgan fingerprint density at radius 3 is 3.12 bits per heavy atom. The molecule has 0 amide bonds. The Hall–Kier alpha value is -1.18. The molecule has 0 atom stereocenters. The molecule has 0 aliphatic carbocycles. The lowest BCUT2D eigenvalue weighted by Crippen LogP contribution is -1.99. The van der Waals surface area contributed by atoms with Crippen LogP contribution in [0.3, 0.4) is 0 Å². The first kappa shape index (κ1) is 11.3. The number of benzene rings is 1. The van der Waals surface area contributed by atoms with Crippen molar-refractivity contribution in [3.8, 4) is 11.5 Å². The number of hydrogen-bond donors (Lipinski definition) is 0. The minimum absolute atomic E-state index is 0.801. The van der Waals surface area contributed by atoms with Crippen LogP contribution in [0.4, 0.5) is 0 Å².